The summed E-state index contributed by atoms with van der Waals surface area (Å²) >= 11 is 0. The molecular formula is C38H24N4O. The maximum atomic E-state index is 6.04. The normalized spacial score (nSPS) is 11.3. The van der Waals surface area contributed by atoms with Crippen LogP contribution in [0.2, 0.25) is 0 Å². The second-order valence-corrected chi connectivity index (χ2v) is 10.3. The van der Waals surface area contributed by atoms with Gasteiger partial charge in [0.25, 0.3) is 0 Å². The molecule has 0 saturated heterocycles. The Morgan fingerprint density at radius 2 is 0.977 bits per heavy atom. The van der Waals surface area contributed by atoms with E-state index in [0.29, 0.717) is 23.4 Å². The first-order chi connectivity index (χ1) is 21.3. The Bertz CT molecular complexity index is 2130. The van der Waals surface area contributed by atoms with Gasteiger partial charge in [0.15, 0.2) is 23.1 Å². The third-order valence-electron chi connectivity index (χ3n) is 7.58. The van der Waals surface area contributed by atoms with Crippen LogP contribution in [-0.4, -0.2) is 19.9 Å². The Morgan fingerprint density at radius 3 is 1.67 bits per heavy atom. The number of hydrogen-bond acceptors (Lipinski definition) is 5. The summed E-state index contributed by atoms with van der Waals surface area (Å²) in [6.07, 6.45) is 0. The first-order valence-electron chi connectivity index (χ1n) is 14.2. The van der Waals surface area contributed by atoms with E-state index >= 15 is 0 Å². The van der Waals surface area contributed by atoms with E-state index in [1.807, 2.05) is 84.9 Å². The highest BCUT2D eigenvalue weighted by Crippen LogP contribution is 2.39. The van der Waals surface area contributed by atoms with Crippen LogP contribution in [-0.2, 0) is 0 Å². The SMILES string of the molecule is c1ccc(-c2nc(-c3ccccc3)nc(-c3ccc4ccccc4c3-c3ccc(-c4nc5ccccc5o4)cc3)n2)cc1. The van der Waals surface area contributed by atoms with Crippen molar-refractivity contribution in [3.8, 4) is 56.7 Å². The van der Waals surface area contributed by atoms with Gasteiger partial charge in [0, 0.05) is 27.8 Å². The van der Waals surface area contributed by atoms with E-state index in [1.54, 1.807) is 0 Å². The van der Waals surface area contributed by atoms with Gasteiger partial charge in [-0.25, -0.2) is 19.9 Å². The molecule has 0 amide bonds. The standard InChI is InChI=1S/C38H24N4O/c1-3-12-27(13-4-1)35-40-36(28-14-5-2-6-15-28)42-37(41-35)31-24-23-25-11-7-8-16-30(25)34(31)26-19-21-29(22-20-26)38-39-32-17-9-10-18-33(32)43-38/h1-24H. The third kappa shape index (κ3) is 4.63. The van der Waals surface area contributed by atoms with Crippen molar-refractivity contribution in [3.63, 3.8) is 0 Å². The fourth-order valence-corrected chi connectivity index (χ4v) is 5.47. The molecule has 5 nitrogen and oxygen atoms in total. The summed E-state index contributed by atoms with van der Waals surface area (Å²) in [4.78, 5) is 19.6. The van der Waals surface area contributed by atoms with Gasteiger partial charge in [-0.15, -0.1) is 0 Å². The number of fused-ring (bicyclic) bond motifs is 2. The van der Waals surface area contributed by atoms with Gasteiger partial charge in [-0.05, 0) is 46.7 Å². The number of oxazole rings is 1. The minimum atomic E-state index is 0.600. The Labute approximate surface area is 248 Å². The molecule has 0 aliphatic heterocycles. The van der Waals surface area contributed by atoms with Crippen molar-refractivity contribution in [2.45, 2.75) is 0 Å². The van der Waals surface area contributed by atoms with Gasteiger partial charge >= 0.3 is 0 Å². The maximum absolute atomic E-state index is 6.04. The van der Waals surface area contributed by atoms with Gasteiger partial charge in [-0.2, -0.15) is 0 Å². The largest absolute Gasteiger partial charge is 0.436 e. The summed E-state index contributed by atoms with van der Waals surface area (Å²) in [5.41, 5.74) is 7.46. The van der Waals surface area contributed by atoms with Crippen LogP contribution in [0.1, 0.15) is 0 Å². The summed E-state index contributed by atoms with van der Waals surface area (Å²) in [7, 11) is 0. The van der Waals surface area contributed by atoms with Crippen LogP contribution in [0.4, 0.5) is 0 Å². The van der Waals surface area contributed by atoms with Gasteiger partial charge in [-0.1, -0.05) is 115 Å². The summed E-state index contributed by atoms with van der Waals surface area (Å²) < 4.78 is 6.04. The first kappa shape index (κ1) is 24.8. The Morgan fingerprint density at radius 1 is 0.395 bits per heavy atom. The van der Waals surface area contributed by atoms with Crippen LogP contribution < -0.4 is 0 Å². The van der Waals surface area contributed by atoms with E-state index in [2.05, 4.69) is 65.6 Å². The molecule has 0 atom stereocenters. The van der Waals surface area contributed by atoms with E-state index < -0.39 is 0 Å². The zero-order valence-electron chi connectivity index (χ0n) is 23.1. The van der Waals surface area contributed by atoms with Crippen LogP contribution in [0.5, 0.6) is 0 Å². The molecule has 8 aromatic rings. The minimum Gasteiger partial charge on any atom is -0.436 e. The first-order valence-corrected chi connectivity index (χ1v) is 14.2. The van der Waals surface area contributed by atoms with Crippen molar-refractivity contribution in [2.24, 2.45) is 0 Å². The quantitative estimate of drug-likeness (QED) is 0.213. The zero-order chi connectivity index (χ0) is 28.6. The average molecular weight is 553 g/mol. The monoisotopic (exact) mass is 552 g/mol. The van der Waals surface area contributed by atoms with Crippen molar-refractivity contribution in [3.05, 3.63) is 146 Å². The van der Waals surface area contributed by atoms with E-state index in [0.717, 1.165) is 55.3 Å². The maximum Gasteiger partial charge on any atom is 0.227 e. The molecule has 0 aliphatic carbocycles. The van der Waals surface area contributed by atoms with Gasteiger partial charge in [0.2, 0.25) is 5.89 Å². The van der Waals surface area contributed by atoms with Crippen LogP contribution in [0.3, 0.4) is 0 Å². The van der Waals surface area contributed by atoms with Crippen LogP contribution in [0, 0.1) is 0 Å². The van der Waals surface area contributed by atoms with Gasteiger partial charge in [-0.3, -0.25) is 0 Å². The van der Waals surface area contributed by atoms with E-state index in [-0.39, 0.29) is 0 Å². The molecule has 0 N–H and O–H groups in total. The fourth-order valence-electron chi connectivity index (χ4n) is 5.47. The number of nitrogens with zero attached hydrogens (tertiary/aromatic N) is 4. The van der Waals surface area contributed by atoms with Crippen LogP contribution >= 0.6 is 0 Å². The van der Waals surface area contributed by atoms with E-state index in [4.69, 9.17) is 19.4 Å². The molecule has 0 bridgehead atoms. The molecule has 0 aliphatic rings. The van der Waals surface area contributed by atoms with E-state index in [1.165, 1.54) is 0 Å². The molecule has 0 saturated carbocycles. The molecule has 0 spiro atoms. The number of para-hydroxylation sites is 2. The van der Waals surface area contributed by atoms with Crippen LogP contribution in [0.25, 0.3) is 78.6 Å². The summed E-state index contributed by atoms with van der Waals surface area (Å²) in [5, 5.41) is 2.27. The highest BCUT2D eigenvalue weighted by Gasteiger charge is 2.18. The summed E-state index contributed by atoms with van der Waals surface area (Å²) in [6, 6.07) is 48.9. The minimum absolute atomic E-state index is 0.600. The lowest BCUT2D eigenvalue weighted by molar-refractivity contribution is 0.620. The summed E-state index contributed by atoms with van der Waals surface area (Å²) in [6.45, 7) is 0. The number of aromatic nitrogens is 4. The molecule has 202 valence electrons. The molecule has 0 unspecified atom stereocenters. The van der Waals surface area contributed by atoms with Gasteiger partial charge in [0.1, 0.15) is 5.52 Å². The molecule has 0 radical (unpaired) electrons. The smallest absolute Gasteiger partial charge is 0.227 e. The molecular weight excluding hydrogens is 528 g/mol. The van der Waals surface area contributed by atoms with Crippen molar-refractivity contribution in [1.29, 1.82) is 0 Å². The third-order valence-corrected chi connectivity index (χ3v) is 7.58. The number of benzene rings is 6. The predicted molar refractivity (Wildman–Crippen MR) is 172 cm³/mol. The van der Waals surface area contributed by atoms with Crippen LogP contribution in [0.15, 0.2) is 150 Å². The van der Waals surface area contributed by atoms with Crippen molar-refractivity contribution >= 4 is 21.9 Å². The lowest BCUT2D eigenvalue weighted by Crippen LogP contribution is -2.01. The predicted octanol–water partition coefficient (Wildman–Crippen LogP) is 9.50. The lowest BCUT2D eigenvalue weighted by atomic mass is 9.92. The molecule has 8 rings (SSSR count). The Hall–Kier alpha value is -5.94. The summed E-state index contributed by atoms with van der Waals surface area (Å²) in [5.74, 6) is 2.49. The molecule has 2 aromatic heterocycles. The lowest BCUT2D eigenvalue weighted by Gasteiger charge is -2.15. The number of rotatable bonds is 5. The van der Waals surface area contributed by atoms with Crippen molar-refractivity contribution in [2.75, 3.05) is 0 Å². The highest BCUT2D eigenvalue weighted by atomic mass is 16.3. The molecule has 0 fully saturated rings. The molecule has 6 aromatic carbocycles. The van der Waals surface area contributed by atoms with Gasteiger partial charge < -0.3 is 4.42 Å². The Kier molecular flexibility index (Phi) is 6.05. The molecule has 43 heavy (non-hydrogen) atoms. The van der Waals surface area contributed by atoms with E-state index in [9.17, 15) is 0 Å². The van der Waals surface area contributed by atoms with Gasteiger partial charge in [0.05, 0.1) is 0 Å². The molecule has 2 heterocycles. The van der Waals surface area contributed by atoms with Crippen molar-refractivity contribution in [1.82, 2.24) is 19.9 Å². The highest BCUT2D eigenvalue weighted by molar-refractivity contribution is 6.03. The second kappa shape index (κ2) is 10.5. The number of hydrogen-bond donors (Lipinski definition) is 0. The zero-order valence-corrected chi connectivity index (χ0v) is 23.1. The average Bonchev–Trinajstić information content (AvgIpc) is 3.53. The molecule has 5 heteroatoms. The fraction of sp³-hybridized carbons (Fsp3) is 0. The Balaban J connectivity index is 1.32. The topological polar surface area (TPSA) is 64.7 Å². The second-order valence-electron chi connectivity index (χ2n) is 10.3. The van der Waals surface area contributed by atoms with Crippen molar-refractivity contribution < 1.29 is 4.42 Å².